The predicted octanol–water partition coefficient (Wildman–Crippen LogP) is 0.198. The third-order valence-corrected chi connectivity index (χ3v) is 9.65. The van der Waals surface area contributed by atoms with Crippen LogP contribution in [0, 0.1) is 23.2 Å². The van der Waals surface area contributed by atoms with Gasteiger partial charge in [-0.25, -0.2) is 0 Å². The summed E-state index contributed by atoms with van der Waals surface area (Å²) in [6.45, 7) is 0.614. The average Bonchev–Trinajstić information content (AvgIpc) is 3.45. The number of allylic oxidation sites excluding steroid dienone is 1. The van der Waals surface area contributed by atoms with Crippen LogP contribution in [0.4, 0.5) is 0 Å². The number of benzene rings is 1. The van der Waals surface area contributed by atoms with Crippen molar-refractivity contribution >= 4 is 16.9 Å². The predicted molar refractivity (Wildman–Crippen MR) is 144 cm³/mol. The molecular weight excluding hydrogens is 552 g/mol. The van der Waals surface area contributed by atoms with Gasteiger partial charge in [0.05, 0.1) is 39.3 Å². The van der Waals surface area contributed by atoms with Gasteiger partial charge < -0.3 is 54.0 Å². The molecule has 1 aromatic carbocycles. The van der Waals surface area contributed by atoms with Crippen molar-refractivity contribution in [3.05, 3.63) is 48.3 Å². The number of hydrogen-bond donors (Lipinski definition) is 6. The maximum absolute atomic E-state index is 12.5. The fraction of sp³-hybridized carbons (Fsp3) is 0.567. The van der Waals surface area contributed by atoms with Crippen molar-refractivity contribution in [3.8, 4) is 11.5 Å². The van der Waals surface area contributed by atoms with E-state index in [1.165, 1.54) is 19.4 Å². The van der Waals surface area contributed by atoms with Gasteiger partial charge in [-0.3, -0.25) is 4.79 Å². The van der Waals surface area contributed by atoms with E-state index in [1.54, 1.807) is 37.3 Å². The van der Waals surface area contributed by atoms with E-state index >= 15 is 0 Å². The summed E-state index contributed by atoms with van der Waals surface area (Å²) in [5, 5.41) is 68.9. The van der Waals surface area contributed by atoms with Gasteiger partial charge in [0.15, 0.2) is 16.9 Å². The molecular formula is C30H36O12. The molecule has 6 N–H and O–H groups in total. The Kier molecular flexibility index (Phi) is 7.17. The van der Waals surface area contributed by atoms with E-state index in [2.05, 4.69) is 0 Å². The van der Waals surface area contributed by atoms with Gasteiger partial charge in [0.2, 0.25) is 12.0 Å². The maximum Gasteiger partial charge on any atom is 0.306 e. The molecule has 0 spiro atoms. The lowest BCUT2D eigenvalue weighted by atomic mass is 9.42. The number of esters is 1. The zero-order valence-electron chi connectivity index (χ0n) is 23.3. The molecule has 10 atom stereocenters. The van der Waals surface area contributed by atoms with Crippen LogP contribution in [0.2, 0.25) is 0 Å². The number of fused-ring (bicyclic) bond motifs is 4. The molecule has 228 valence electrons. The highest BCUT2D eigenvalue weighted by Crippen LogP contribution is 2.64. The molecule has 42 heavy (non-hydrogen) atoms. The molecule has 6 rings (SSSR count). The smallest absolute Gasteiger partial charge is 0.306 e. The maximum atomic E-state index is 12.5. The third-order valence-electron chi connectivity index (χ3n) is 9.65. The topological polar surface area (TPSA) is 189 Å². The molecule has 6 bridgehead atoms. The number of aliphatic hydroxyl groups is 6. The lowest BCUT2D eigenvalue weighted by Crippen LogP contribution is -2.85. The van der Waals surface area contributed by atoms with E-state index in [0.717, 1.165) is 0 Å². The Balaban J connectivity index is 1.50. The Morgan fingerprint density at radius 2 is 1.88 bits per heavy atom. The van der Waals surface area contributed by atoms with Crippen molar-refractivity contribution in [3.63, 3.8) is 0 Å². The number of carbonyl (C=O) groups excluding carboxylic acids is 1. The summed E-state index contributed by atoms with van der Waals surface area (Å²) in [7, 11) is 1.39. The number of rotatable bonds is 9. The molecule has 0 unspecified atom stereocenters. The fourth-order valence-electron chi connectivity index (χ4n) is 7.72. The van der Waals surface area contributed by atoms with Gasteiger partial charge in [-0.1, -0.05) is 24.3 Å². The van der Waals surface area contributed by atoms with Gasteiger partial charge in [-0.05, 0) is 37.0 Å². The van der Waals surface area contributed by atoms with Crippen LogP contribution in [-0.4, -0.2) is 99.3 Å². The number of aliphatic hydroxyl groups excluding tert-OH is 4. The molecule has 12 nitrogen and oxygen atoms in total. The highest BCUT2D eigenvalue weighted by molar-refractivity contribution is 5.87. The Bertz CT molecular complexity index is 1420. The van der Waals surface area contributed by atoms with Crippen LogP contribution in [0.15, 0.2) is 47.1 Å². The summed E-state index contributed by atoms with van der Waals surface area (Å²) in [6, 6.07) is 3.44. The van der Waals surface area contributed by atoms with Crippen molar-refractivity contribution in [2.75, 3.05) is 26.9 Å². The molecule has 2 heterocycles. The highest BCUT2D eigenvalue weighted by atomic mass is 16.7. The van der Waals surface area contributed by atoms with Crippen molar-refractivity contribution in [2.45, 2.75) is 55.6 Å². The summed E-state index contributed by atoms with van der Waals surface area (Å²) >= 11 is 0. The van der Waals surface area contributed by atoms with E-state index < -0.39 is 78.2 Å². The third kappa shape index (κ3) is 3.76. The minimum Gasteiger partial charge on any atom is -0.490 e. The summed E-state index contributed by atoms with van der Waals surface area (Å²) in [5.41, 5.74) is -5.20. The van der Waals surface area contributed by atoms with E-state index in [-0.39, 0.29) is 30.9 Å². The van der Waals surface area contributed by atoms with Crippen LogP contribution in [-0.2, 0) is 20.7 Å². The van der Waals surface area contributed by atoms with Gasteiger partial charge in [-0.15, -0.1) is 0 Å². The summed E-state index contributed by atoms with van der Waals surface area (Å²) in [4.78, 5) is 12.2. The standard InChI is InChI=1S/C30H36O12/c1-3-39-21(34)7-4-15-12-16-9-11-40-22(16)24(38-2)23(15)42-27-30(37)25-17-5-6-19(33)28(25,14-32)10-8-18(17)29(36,26(30)35)20(13-31)41-27/h5-6,8-12,17-20,25-27,31-33,35-37H,3-4,7,13-14H2,1-2H3/t17-,18+,19-,20+,25+,26-,27-,28+,29-,30-/m0/s1. The quantitative estimate of drug-likeness (QED) is 0.173. The molecule has 3 aliphatic carbocycles. The number of ether oxygens (including phenoxy) is 4. The molecule has 2 fully saturated rings. The first-order valence-corrected chi connectivity index (χ1v) is 14.1. The fourth-order valence-corrected chi connectivity index (χ4v) is 7.72. The Morgan fingerprint density at radius 1 is 1.10 bits per heavy atom. The SMILES string of the molecule is CCOC(=O)CCc1cc2ccoc2c(OC)c1O[C@@H]1O[C@H](CO)[C@]2(O)[C@H](O)[C@@]1(O)[C@@H]1[C@H]3C=C[C@H](O)[C@]1(CO)C=C[C@H]32. The highest BCUT2D eigenvalue weighted by Gasteiger charge is 2.78. The molecule has 12 heteroatoms. The second kappa shape index (κ2) is 10.3. The monoisotopic (exact) mass is 588 g/mol. The van der Waals surface area contributed by atoms with Crippen LogP contribution >= 0.6 is 0 Å². The minimum atomic E-state index is -2.41. The molecule has 0 amide bonds. The van der Waals surface area contributed by atoms with Gasteiger partial charge in [0.1, 0.15) is 17.8 Å². The van der Waals surface area contributed by atoms with Crippen LogP contribution in [0.3, 0.4) is 0 Å². The first kappa shape index (κ1) is 29.1. The largest absolute Gasteiger partial charge is 0.490 e. The number of hydrogen-bond acceptors (Lipinski definition) is 12. The van der Waals surface area contributed by atoms with E-state index in [0.29, 0.717) is 16.5 Å². The van der Waals surface area contributed by atoms with E-state index in [4.69, 9.17) is 23.4 Å². The summed E-state index contributed by atoms with van der Waals surface area (Å²) < 4.78 is 28.9. The molecule has 1 aliphatic heterocycles. The number of methoxy groups -OCH3 is 1. The number of furan rings is 1. The summed E-state index contributed by atoms with van der Waals surface area (Å²) in [5.74, 6) is -2.81. The van der Waals surface area contributed by atoms with E-state index in [1.807, 2.05) is 0 Å². The lowest BCUT2D eigenvalue weighted by Gasteiger charge is -2.69. The Hall–Kier alpha value is -2.97. The molecule has 1 saturated heterocycles. The van der Waals surface area contributed by atoms with Gasteiger partial charge in [0.25, 0.3) is 0 Å². The van der Waals surface area contributed by atoms with Crippen LogP contribution < -0.4 is 9.47 Å². The van der Waals surface area contributed by atoms with Crippen LogP contribution in [0.1, 0.15) is 18.9 Å². The average molecular weight is 589 g/mol. The molecule has 0 radical (unpaired) electrons. The van der Waals surface area contributed by atoms with Gasteiger partial charge in [0, 0.05) is 29.1 Å². The number of carbonyl (C=O) groups is 1. The number of aryl methyl sites for hydroxylation is 1. The van der Waals surface area contributed by atoms with Gasteiger partial charge >= 0.3 is 5.97 Å². The second-order valence-corrected chi connectivity index (χ2v) is 11.5. The normalized spacial score (nSPS) is 39.8. The molecule has 2 aromatic rings. The molecule has 1 saturated carbocycles. The van der Waals surface area contributed by atoms with Crippen molar-refractivity contribution in [1.29, 1.82) is 0 Å². The van der Waals surface area contributed by atoms with Crippen LogP contribution in [0.25, 0.3) is 11.0 Å². The zero-order valence-corrected chi connectivity index (χ0v) is 23.3. The minimum absolute atomic E-state index is 0.00404. The zero-order chi connectivity index (χ0) is 30.0. The molecule has 1 aromatic heterocycles. The van der Waals surface area contributed by atoms with Crippen molar-refractivity contribution < 1.29 is 58.8 Å². The van der Waals surface area contributed by atoms with Crippen molar-refractivity contribution in [1.82, 2.24) is 0 Å². The van der Waals surface area contributed by atoms with Crippen molar-refractivity contribution in [2.24, 2.45) is 23.2 Å². The second-order valence-electron chi connectivity index (χ2n) is 11.5. The van der Waals surface area contributed by atoms with Crippen LogP contribution in [0.5, 0.6) is 11.5 Å². The lowest BCUT2D eigenvalue weighted by molar-refractivity contribution is -0.408. The Morgan fingerprint density at radius 3 is 2.57 bits per heavy atom. The first-order chi connectivity index (χ1) is 20.1. The molecule has 4 aliphatic rings. The first-order valence-electron chi connectivity index (χ1n) is 14.1. The van der Waals surface area contributed by atoms with Gasteiger partial charge in [-0.2, -0.15) is 0 Å². The summed E-state index contributed by atoms with van der Waals surface area (Å²) in [6.07, 6.45) is 1.62. The Labute approximate surface area is 241 Å². The van der Waals surface area contributed by atoms with E-state index in [9.17, 15) is 35.4 Å².